The van der Waals surface area contributed by atoms with Crippen molar-refractivity contribution in [2.75, 3.05) is 25.5 Å². The number of hydrogen-bond acceptors (Lipinski definition) is 2. The zero-order valence-electron chi connectivity index (χ0n) is 14.3. The third-order valence-electron chi connectivity index (χ3n) is 4.30. The van der Waals surface area contributed by atoms with Crippen molar-refractivity contribution in [2.45, 2.75) is 25.1 Å². The molecule has 1 N–H and O–H groups in total. The number of rotatable bonds is 4. The third-order valence-corrected chi connectivity index (χ3v) is 4.30. The molecule has 0 bridgehead atoms. The standard InChI is InChI=1S/C18H20F3N3O2/c1-23(12-14-5-4-10-26-14)17(25)22-15-11-13(18(19,20)21)6-7-16(15)24-8-2-3-9-24/h2-3,6-9,11,14H,4-5,10,12H2,1H3,(H,22,25)/t14-/m1/s1. The monoisotopic (exact) mass is 367 g/mol. The zero-order chi connectivity index (χ0) is 18.7. The van der Waals surface area contributed by atoms with Gasteiger partial charge in [0, 0.05) is 32.6 Å². The number of nitrogens with one attached hydrogen (secondary N) is 1. The van der Waals surface area contributed by atoms with Crippen LogP contribution in [0.15, 0.2) is 42.7 Å². The van der Waals surface area contributed by atoms with Gasteiger partial charge in [-0.05, 0) is 43.2 Å². The van der Waals surface area contributed by atoms with Gasteiger partial charge in [0.25, 0.3) is 0 Å². The molecule has 3 rings (SSSR count). The van der Waals surface area contributed by atoms with Crippen LogP contribution in [0.2, 0.25) is 0 Å². The Hall–Kier alpha value is -2.48. The number of likely N-dealkylation sites (N-methyl/N-ethyl adjacent to an activating group) is 1. The smallest absolute Gasteiger partial charge is 0.376 e. The summed E-state index contributed by atoms with van der Waals surface area (Å²) in [7, 11) is 1.60. The first-order chi connectivity index (χ1) is 12.3. The number of halogens is 3. The molecule has 8 heteroatoms. The average Bonchev–Trinajstić information content (AvgIpc) is 3.27. The van der Waals surface area contributed by atoms with Gasteiger partial charge in [0.05, 0.1) is 23.0 Å². The van der Waals surface area contributed by atoms with Crippen LogP contribution in [-0.4, -0.2) is 41.8 Å². The molecule has 0 aliphatic carbocycles. The molecule has 1 fully saturated rings. The number of nitrogens with zero attached hydrogens (tertiary/aromatic N) is 2. The Morgan fingerprint density at radius 2 is 2.08 bits per heavy atom. The van der Waals surface area contributed by atoms with Crippen LogP contribution in [0.25, 0.3) is 5.69 Å². The second-order valence-electron chi connectivity index (χ2n) is 6.27. The van der Waals surface area contributed by atoms with E-state index in [1.165, 1.54) is 11.0 Å². The molecular weight excluding hydrogens is 347 g/mol. The van der Waals surface area contributed by atoms with Crippen molar-refractivity contribution in [2.24, 2.45) is 0 Å². The fourth-order valence-corrected chi connectivity index (χ4v) is 2.92. The van der Waals surface area contributed by atoms with E-state index in [1.807, 2.05) is 0 Å². The summed E-state index contributed by atoms with van der Waals surface area (Å²) >= 11 is 0. The van der Waals surface area contributed by atoms with Gasteiger partial charge in [-0.15, -0.1) is 0 Å². The number of carbonyl (C=O) groups is 1. The highest BCUT2D eigenvalue weighted by molar-refractivity contribution is 5.91. The SMILES string of the molecule is CN(C[C@H]1CCCO1)C(=O)Nc1cc(C(F)(F)F)ccc1-n1cccc1. The summed E-state index contributed by atoms with van der Waals surface area (Å²) in [6.07, 6.45) is 0.707. The van der Waals surface area contributed by atoms with E-state index in [0.717, 1.165) is 25.0 Å². The second-order valence-corrected chi connectivity index (χ2v) is 6.27. The van der Waals surface area contributed by atoms with Crippen LogP contribution >= 0.6 is 0 Å². The zero-order valence-corrected chi connectivity index (χ0v) is 14.3. The quantitative estimate of drug-likeness (QED) is 0.883. The summed E-state index contributed by atoms with van der Waals surface area (Å²) in [5.74, 6) is 0. The lowest BCUT2D eigenvalue weighted by Gasteiger charge is -2.22. The first-order valence-corrected chi connectivity index (χ1v) is 8.33. The summed E-state index contributed by atoms with van der Waals surface area (Å²) in [5.41, 5.74) is -0.257. The van der Waals surface area contributed by atoms with E-state index in [9.17, 15) is 18.0 Å². The fraction of sp³-hybridized carbons (Fsp3) is 0.389. The minimum absolute atomic E-state index is 0.0313. The van der Waals surface area contributed by atoms with Crippen LogP contribution < -0.4 is 5.32 Å². The van der Waals surface area contributed by atoms with Crippen LogP contribution in [0.1, 0.15) is 18.4 Å². The van der Waals surface area contributed by atoms with Crippen molar-refractivity contribution in [1.82, 2.24) is 9.47 Å². The van der Waals surface area contributed by atoms with E-state index in [4.69, 9.17) is 4.74 Å². The topological polar surface area (TPSA) is 46.5 Å². The molecule has 5 nitrogen and oxygen atoms in total. The van der Waals surface area contributed by atoms with Crippen LogP contribution in [-0.2, 0) is 10.9 Å². The Labute approximate surface area is 149 Å². The Bertz CT molecular complexity index is 754. The van der Waals surface area contributed by atoms with Crippen molar-refractivity contribution in [1.29, 1.82) is 0 Å². The van der Waals surface area contributed by atoms with Crippen LogP contribution in [0, 0.1) is 0 Å². The molecule has 2 heterocycles. The lowest BCUT2D eigenvalue weighted by molar-refractivity contribution is -0.137. The van der Waals surface area contributed by atoms with Gasteiger partial charge in [-0.3, -0.25) is 0 Å². The van der Waals surface area contributed by atoms with Gasteiger partial charge in [-0.2, -0.15) is 13.2 Å². The molecule has 0 unspecified atom stereocenters. The maximum absolute atomic E-state index is 13.1. The van der Waals surface area contributed by atoms with Crippen molar-refractivity contribution >= 4 is 11.7 Å². The van der Waals surface area contributed by atoms with Crippen molar-refractivity contribution in [3.63, 3.8) is 0 Å². The molecule has 1 aliphatic rings. The number of ether oxygens (including phenoxy) is 1. The Morgan fingerprint density at radius 1 is 1.35 bits per heavy atom. The predicted octanol–water partition coefficient (Wildman–Crippen LogP) is 4.14. The fourth-order valence-electron chi connectivity index (χ4n) is 2.92. The number of amides is 2. The highest BCUT2D eigenvalue weighted by Crippen LogP contribution is 2.33. The first kappa shape index (κ1) is 18.3. The van der Waals surface area contributed by atoms with Gasteiger partial charge < -0.3 is 19.5 Å². The second kappa shape index (κ2) is 7.41. The summed E-state index contributed by atoms with van der Waals surface area (Å²) in [6, 6.07) is 6.33. The van der Waals surface area contributed by atoms with Crippen molar-refractivity contribution < 1.29 is 22.7 Å². The molecule has 140 valence electrons. The summed E-state index contributed by atoms with van der Waals surface area (Å²) in [4.78, 5) is 13.9. The van der Waals surface area contributed by atoms with E-state index in [1.54, 1.807) is 36.1 Å². The number of hydrogen-bond donors (Lipinski definition) is 1. The number of alkyl halides is 3. The largest absolute Gasteiger partial charge is 0.416 e. The molecule has 1 aromatic carbocycles. The molecular formula is C18H20F3N3O2. The minimum Gasteiger partial charge on any atom is -0.376 e. The Kier molecular flexibility index (Phi) is 5.22. The highest BCUT2D eigenvalue weighted by atomic mass is 19.4. The molecule has 1 aliphatic heterocycles. The van der Waals surface area contributed by atoms with E-state index in [-0.39, 0.29) is 11.8 Å². The van der Waals surface area contributed by atoms with Gasteiger partial charge in [-0.1, -0.05) is 0 Å². The van der Waals surface area contributed by atoms with Gasteiger partial charge in [0.15, 0.2) is 0 Å². The normalized spacial score (nSPS) is 17.3. The van der Waals surface area contributed by atoms with E-state index in [2.05, 4.69) is 5.32 Å². The molecule has 1 aromatic heterocycles. The molecule has 2 amide bonds. The first-order valence-electron chi connectivity index (χ1n) is 8.33. The Balaban J connectivity index is 1.82. The van der Waals surface area contributed by atoms with Crippen molar-refractivity contribution in [3.05, 3.63) is 48.3 Å². The molecule has 0 spiro atoms. The summed E-state index contributed by atoms with van der Waals surface area (Å²) in [6.45, 7) is 1.06. The molecule has 26 heavy (non-hydrogen) atoms. The Morgan fingerprint density at radius 3 is 2.69 bits per heavy atom. The third kappa shape index (κ3) is 4.19. The van der Waals surface area contributed by atoms with Gasteiger partial charge >= 0.3 is 12.2 Å². The maximum atomic E-state index is 13.1. The minimum atomic E-state index is -4.49. The maximum Gasteiger partial charge on any atom is 0.416 e. The number of carbonyl (C=O) groups excluding carboxylic acids is 1. The van der Waals surface area contributed by atoms with Crippen LogP contribution in [0.5, 0.6) is 0 Å². The lowest BCUT2D eigenvalue weighted by atomic mass is 10.1. The molecule has 1 saturated heterocycles. The van der Waals surface area contributed by atoms with Gasteiger partial charge in [-0.25, -0.2) is 4.79 Å². The van der Waals surface area contributed by atoms with E-state index < -0.39 is 17.8 Å². The molecule has 0 radical (unpaired) electrons. The van der Waals surface area contributed by atoms with Gasteiger partial charge in [0.1, 0.15) is 0 Å². The number of benzene rings is 1. The predicted molar refractivity (Wildman–Crippen MR) is 91.4 cm³/mol. The summed E-state index contributed by atoms with van der Waals surface area (Å²) in [5, 5.41) is 2.60. The average molecular weight is 367 g/mol. The molecule has 2 aromatic rings. The number of urea groups is 1. The molecule has 0 saturated carbocycles. The number of anilines is 1. The summed E-state index contributed by atoms with van der Waals surface area (Å²) < 4.78 is 46.3. The van der Waals surface area contributed by atoms with Crippen LogP contribution in [0.3, 0.4) is 0 Å². The van der Waals surface area contributed by atoms with Crippen LogP contribution in [0.4, 0.5) is 23.7 Å². The van der Waals surface area contributed by atoms with Gasteiger partial charge in [0.2, 0.25) is 0 Å². The van der Waals surface area contributed by atoms with Crippen molar-refractivity contribution in [3.8, 4) is 5.69 Å². The molecule has 1 atom stereocenters. The highest BCUT2D eigenvalue weighted by Gasteiger charge is 2.31. The lowest BCUT2D eigenvalue weighted by Crippen LogP contribution is -2.37. The van der Waals surface area contributed by atoms with E-state index in [0.29, 0.717) is 18.8 Å². The van der Waals surface area contributed by atoms with E-state index >= 15 is 0 Å². The number of aromatic nitrogens is 1.